The normalized spacial score (nSPS) is 37.6. The number of aliphatic hydroxyl groups excluding tert-OH is 1. The number of aliphatic hydroxyl groups is 1. The Balaban J connectivity index is 2.01. The van der Waals surface area contributed by atoms with Gasteiger partial charge < -0.3 is 5.11 Å². The SMILES string of the molecule is CCC(C)(C)C1CCC(O)C(N2CCCC(C)CC2)C1. The number of rotatable bonds is 3. The van der Waals surface area contributed by atoms with Crippen LogP contribution in [0.2, 0.25) is 0 Å². The lowest BCUT2D eigenvalue weighted by Crippen LogP contribution is -2.49. The molecular weight excluding hydrogens is 246 g/mol. The van der Waals surface area contributed by atoms with Crippen LogP contribution in [0.15, 0.2) is 0 Å². The van der Waals surface area contributed by atoms with Crippen LogP contribution >= 0.6 is 0 Å². The molecule has 1 saturated carbocycles. The van der Waals surface area contributed by atoms with Gasteiger partial charge in [-0.15, -0.1) is 0 Å². The minimum Gasteiger partial charge on any atom is -0.391 e. The highest BCUT2D eigenvalue weighted by molar-refractivity contribution is 4.92. The van der Waals surface area contributed by atoms with E-state index in [2.05, 4.69) is 32.6 Å². The average molecular weight is 281 g/mol. The summed E-state index contributed by atoms with van der Waals surface area (Å²) in [5.74, 6) is 1.64. The molecule has 20 heavy (non-hydrogen) atoms. The second-order valence-corrected chi connectivity index (χ2v) is 8.06. The summed E-state index contributed by atoms with van der Waals surface area (Å²) >= 11 is 0. The second-order valence-electron chi connectivity index (χ2n) is 8.06. The minimum absolute atomic E-state index is 0.0905. The fourth-order valence-electron chi connectivity index (χ4n) is 4.14. The van der Waals surface area contributed by atoms with E-state index >= 15 is 0 Å². The zero-order valence-electron chi connectivity index (χ0n) is 14.1. The van der Waals surface area contributed by atoms with Gasteiger partial charge in [0.2, 0.25) is 0 Å². The van der Waals surface area contributed by atoms with Gasteiger partial charge in [-0.25, -0.2) is 0 Å². The van der Waals surface area contributed by atoms with Crippen LogP contribution in [0.3, 0.4) is 0 Å². The molecular formula is C18H35NO. The smallest absolute Gasteiger partial charge is 0.0695 e. The number of likely N-dealkylation sites (tertiary alicyclic amines) is 1. The third-order valence-electron chi connectivity index (χ3n) is 6.32. The molecule has 0 aromatic carbocycles. The monoisotopic (exact) mass is 281 g/mol. The van der Waals surface area contributed by atoms with Crippen molar-refractivity contribution in [3.05, 3.63) is 0 Å². The minimum atomic E-state index is -0.0905. The molecule has 1 aliphatic carbocycles. The van der Waals surface area contributed by atoms with E-state index in [9.17, 15) is 5.11 Å². The maximum absolute atomic E-state index is 10.5. The highest BCUT2D eigenvalue weighted by atomic mass is 16.3. The van der Waals surface area contributed by atoms with Crippen molar-refractivity contribution in [2.75, 3.05) is 13.1 Å². The fourth-order valence-corrected chi connectivity index (χ4v) is 4.14. The molecule has 0 radical (unpaired) electrons. The Bertz CT molecular complexity index is 302. The van der Waals surface area contributed by atoms with Crippen molar-refractivity contribution in [1.82, 2.24) is 4.90 Å². The van der Waals surface area contributed by atoms with Gasteiger partial charge in [0.05, 0.1) is 6.10 Å². The van der Waals surface area contributed by atoms with Gasteiger partial charge in [0.15, 0.2) is 0 Å². The standard InChI is InChI=1S/C18H35NO/c1-5-18(3,4)15-8-9-17(20)16(13-15)19-11-6-7-14(2)10-12-19/h14-17,20H,5-13H2,1-4H3. The molecule has 1 aliphatic heterocycles. The highest BCUT2D eigenvalue weighted by Gasteiger charge is 2.39. The van der Waals surface area contributed by atoms with Crippen molar-refractivity contribution in [3.63, 3.8) is 0 Å². The molecule has 2 nitrogen and oxygen atoms in total. The lowest BCUT2D eigenvalue weighted by atomic mass is 9.67. The van der Waals surface area contributed by atoms with Crippen molar-refractivity contribution < 1.29 is 5.11 Å². The van der Waals surface area contributed by atoms with Gasteiger partial charge in [0.1, 0.15) is 0 Å². The van der Waals surface area contributed by atoms with Crippen LogP contribution < -0.4 is 0 Å². The summed E-state index contributed by atoms with van der Waals surface area (Å²) in [5.41, 5.74) is 0.428. The van der Waals surface area contributed by atoms with Crippen molar-refractivity contribution in [1.29, 1.82) is 0 Å². The van der Waals surface area contributed by atoms with Gasteiger partial charge in [0.25, 0.3) is 0 Å². The second kappa shape index (κ2) is 6.79. The first-order valence-electron chi connectivity index (χ1n) is 8.86. The molecule has 0 aromatic rings. The van der Waals surface area contributed by atoms with Crippen LogP contribution in [-0.2, 0) is 0 Å². The molecule has 2 fully saturated rings. The van der Waals surface area contributed by atoms with Crippen LogP contribution in [0.5, 0.6) is 0 Å². The molecule has 1 N–H and O–H groups in total. The Kier molecular flexibility index (Phi) is 5.53. The predicted molar refractivity (Wildman–Crippen MR) is 85.8 cm³/mol. The van der Waals surface area contributed by atoms with Crippen LogP contribution in [0.25, 0.3) is 0 Å². The van der Waals surface area contributed by atoms with Gasteiger partial charge in [-0.1, -0.05) is 34.1 Å². The van der Waals surface area contributed by atoms with E-state index in [1.807, 2.05) is 0 Å². The molecule has 4 atom stereocenters. The van der Waals surface area contributed by atoms with Crippen molar-refractivity contribution in [2.24, 2.45) is 17.3 Å². The highest BCUT2D eigenvalue weighted by Crippen LogP contribution is 2.42. The molecule has 2 aliphatic rings. The largest absolute Gasteiger partial charge is 0.391 e. The van der Waals surface area contributed by atoms with Gasteiger partial charge in [-0.05, 0) is 68.9 Å². The number of hydrogen-bond acceptors (Lipinski definition) is 2. The third-order valence-corrected chi connectivity index (χ3v) is 6.32. The Morgan fingerprint density at radius 2 is 1.85 bits per heavy atom. The first kappa shape index (κ1) is 16.3. The van der Waals surface area contributed by atoms with Crippen molar-refractivity contribution >= 4 is 0 Å². The maximum Gasteiger partial charge on any atom is 0.0695 e. The van der Waals surface area contributed by atoms with Gasteiger partial charge in [-0.3, -0.25) is 4.90 Å². The molecule has 0 aromatic heterocycles. The van der Waals surface area contributed by atoms with E-state index in [-0.39, 0.29) is 6.10 Å². The Morgan fingerprint density at radius 3 is 2.55 bits per heavy atom. The van der Waals surface area contributed by atoms with E-state index in [4.69, 9.17) is 0 Å². The van der Waals surface area contributed by atoms with E-state index in [1.165, 1.54) is 51.6 Å². The van der Waals surface area contributed by atoms with E-state index < -0.39 is 0 Å². The van der Waals surface area contributed by atoms with Gasteiger partial charge in [-0.2, -0.15) is 0 Å². The van der Waals surface area contributed by atoms with Crippen molar-refractivity contribution in [2.45, 2.75) is 84.8 Å². The van der Waals surface area contributed by atoms with Crippen molar-refractivity contribution in [3.8, 4) is 0 Å². The van der Waals surface area contributed by atoms with Crippen LogP contribution in [0.1, 0.15) is 72.6 Å². The zero-order chi connectivity index (χ0) is 14.8. The molecule has 0 spiro atoms. The number of hydrogen-bond donors (Lipinski definition) is 1. The van der Waals surface area contributed by atoms with Gasteiger partial charge in [0, 0.05) is 6.04 Å². The van der Waals surface area contributed by atoms with Crippen LogP contribution in [-0.4, -0.2) is 35.2 Å². The zero-order valence-corrected chi connectivity index (χ0v) is 14.1. The summed E-state index contributed by atoms with van der Waals surface area (Å²) in [6.45, 7) is 11.9. The maximum atomic E-state index is 10.5. The summed E-state index contributed by atoms with van der Waals surface area (Å²) in [6, 6.07) is 0.421. The quantitative estimate of drug-likeness (QED) is 0.843. The average Bonchev–Trinajstić information content (AvgIpc) is 2.64. The Morgan fingerprint density at radius 1 is 1.10 bits per heavy atom. The van der Waals surface area contributed by atoms with E-state index in [1.54, 1.807) is 0 Å². The Hall–Kier alpha value is -0.0800. The molecule has 0 bridgehead atoms. The number of nitrogens with zero attached hydrogens (tertiary/aromatic N) is 1. The molecule has 4 unspecified atom stereocenters. The lowest BCUT2D eigenvalue weighted by molar-refractivity contribution is -0.0200. The summed E-state index contributed by atoms with van der Waals surface area (Å²) < 4.78 is 0. The van der Waals surface area contributed by atoms with Gasteiger partial charge >= 0.3 is 0 Å². The molecule has 118 valence electrons. The Labute approximate surface area is 125 Å². The molecule has 1 saturated heterocycles. The third kappa shape index (κ3) is 3.76. The first-order chi connectivity index (χ1) is 9.44. The summed E-state index contributed by atoms with van der Waals surface area (Å²) in [4.78, 5) is 2.62. The molecule has 2 heteroatoms. The first-order valence-corrected chi connectivity index (χ1v) is 8.86. The summed E-state index contributed by atoms with van der Waals surface area (Å²) in [6.07, 6.45) is 8.56. The topological polar surface area (TPSA) is 23.5 Å². The predicted octanol–water partition coefficient (Wildman–Crippen LogP) is 4.07. The van der Waals surface area contributed by atoms with E-state index in [0.29, 0.717) is 11.5 Å². The van der Waals surface area contributed by atoms with Crippen LogP contribution in [0, 0.1) is 17.3 Å². The van der Waals surface area contributed by atoms with Crippen LogP contribution in [0.4, 0.5) is 0 Å². The van der Waals surface area contributed by atoms with E-state index in [0.717, 1.165) is 18.3 Å². The lowest BCUT2D eigenvalue weighted by Gasteiger charge is -2.45. The molecule has 1 heterocycles. The summed E-state index contributed by atoms with van der Waals surface area (Å²) in [7, 11) is 0. The summed E-state index contributed by atoms with van der Waals surface area (Å²) in [5, 5.41) is 10.5. The molecule has 0 amide bonds. The fraction of sp³-hybridized carbons (Fsp3) is 1.00. The molecule has 2 rings (SSSR count).